The van der Waals surface area contributed by atoms with E-state index < -0.39 is 34.5 Å². The summed E-state index contributed by atoms with van der Waals surface area (Å²) in [7, 11) is -2.18. The number of aliphatic carboxylic acids is 1. The monoisotopic (exact) mass is 292 g/mol. The third kappa shape index (κ3) is 6.35. The van der Waals surface area contributed by atoms with Gasteiger partial charge in [-0.1, -0.05) is 12.2 Å². The van der Waals surface area contributed by atoms with E-state index in [9.17, 15) is 18.0 Å². The minimum atomic E-state index is -3.46. The summed E-state index contributed by atoms with van der Waals surface area (Å²) in [6.45, 7) is 2.81. The van der Waals surface area contributed by atoms with Crippen LogP contribution in [-0.4, -0.2) is 55.1 Å². The predicted octanol–water partition coefficient (Wildman–Crippen LogP) is -0.196. The van der Waals surface area contributed by atoms with E-state index in [0.29, 0.717) is 0 Å². The molecule has 2 N–H and O–H groups in total. The molecule has 0 aromatic heterocycles. The van der Waals surface area contributed by atoms with E-state index in [0.717, 1.165) is 4.31 Å². The van der Waals surface area contributed by atoms with E-state index in [2.05, 4.69) is 5.32 Å². The van der Waals surface area contributed by atoms with Crippen LogP contribution in [0.5, 0.6) is 0 Å². The molecule has 0 fully saturated rings. The van der Waals surface area contributed by atoms with Crippen molar-refractivity contribution >= 4 is 21.9 Å². The molecule has 19 heavy (non-hydrogen) atoms. The SMILES string of the molecule is C/C=C/CC(NC(=O)CN(C)S(=O)(=O)CC)C(=O)O. The summed E-state index contributed by atoms with van der Waals surface area (Å²) in [4.78, 5) is 22.5. The molecule has 0 rings (SSSR count). The molecule has 0 saturated carbocycles. The summed E-state index contributed by atoms with van der Waals surface area (Å²) in [5.74, 6) is -1.92. The van der Waals surface area contributed by atoms with Gasteiger partial charge in [0.15, 0.2) is 0 Å². The van der Waals surface area contributed by atoms with E-state index >= 15 is 0 Å². The van der Waals surface area contributed by atoms with E-state index in [1.165, 1.54) is 14.0 Å². The Morgan fingerprint density at radius 2 is 2.00 bits per heavy atom. The average molecular weight is 292 g/mol. The molecule has 0 aliphatic rings. The van der Waals surface area contributed by atoms with Crippen molar-refractivity contribution in [3.63, 3.8) is 0 Å². The van der Waals surface area contributed by atoms with Gasteiger partial charge in [0.2, 0.25) is 15.9 Å². The Hall–Kier alpha value is -1.41. The van der Waals surface area contributed by atoms with Crippen LogP contribution in [0.3, 0.4) is 0 Å². The fraction of sp³-hybridized carbons (Fsp3) is 0.636. The second kappa shape index (κ2) is 7.90. The molecule has 0 aromatic carbocycles. The molecule has 0 aliphatic heterocycles. The van der Waals surface area contributed by atoms with E-state index in [4.69, 9.17) is 5.11 Å². The maximum atomic E-state index is 11.6. The van der Waals surface area contributed by atoms with E-state index in [-0.39, 0.29) is 12.2 Å². The quantitative estimate of drug-likeness (QED) is 0.603. The lowest BCUT2D eigenvalue weighted by Crippen LogP contribution is -2.46. The van der Waals surface area contributed by atoms with Gasteiger partial charge in [-0.2, -0.15) is 4.31 Å². The second-order valence-corrected chi connectivity index (χ2v) is 6.28. The van der Waals surface area contributed by atoms with Crippen molar-refractivity contribution in [2.45, 2.75) is 26.3 Å². The third-order valence-electron chi connectivity index (χ3n) is 2.45. The van der Waals surface area contributed by atoms with Crippen LogP contribution in [0.25, 0.3) is 0 Å². The fourth-order valence-electron chi connectivity index (χ4n) is 1.25. The predicted molar refractivity (Wildman–Crippen MR) is 71.1 cm³/mol. The second-order valence-electron chi connectivity index (χ2n) is 3.92. The van der Waals surface area contributed by atoms with Crippen LogP contribution in [0.15, 0.2) is 12.2 Å². The van der Waals surface area contributed by atoms with Gasteiger partial charge in [0.25, 0.3) is 0 Å². The third-order valence-corrected chi connectivity index (χ3v) is 4.26. The highest BCUT2D eigenvalue weighted by Gasteiger charge is 2.22. The standard InChI is InChI=1S/C11H20N2O5S/c1-4-6-7-9(11(15)16)12-10(14)8-13(3)19(17,18)5-2/h4,6,9H,5,7-8H2,1-3H3,(H,12,14)(H,15,16)/b6-4+. The molecule has 0 radical (unpaired) electrons. The van der Waals surface area contributed by atoms with Crippen LogP contribution in [0.1, 0.15) is 20.3 Å². The highest BCUT2D eigenvalue weighted by Crippen LogP contribution is 1.99. The molecule has 0 saturated heterocycles. The minimum absolute atomic E-state index is 0.113. The van der Waals surface area contributed by atoms with Gasteiger partial charge in [0, 0.05) is 7.05 Å². The molecule has 0 aromatic rings. The number of carboxylic acids is 1. The lowest BCUT2D eigenvalue weighted by Gasteiger charge is -2.17. The molecular formula is C11H20N2O5S. The number of sulfonamides is 1. The van der Waals surface area contributed by atoms with Crippen molar-refractivity contribution in [2.75, 3.05) is 19.3 Å². The molecule has 7 nitrogen and oxygen atoms in total. The van der Waals surface area contributed by atoms with Gasteiger partial charge >= 0.3 is 5.97 Å². The highest BCUT2D eigenvalue weighted by molar-refractivity contribution is 7.89. The Balaban J connectivity index is 4.55. The Morgan fingerprint density at radius 3 is 2.42 bits per heavy atom. The Bertz CT molecular complexity index is 444. The van der Waals surface area contributed by atoms with Gasteiger partial charge < -0.3 is 10.4 Å². The molecule has 110 valence electrons. The van der Waals surface area contributed by atoms with Gasteiger partial charge in [0.1, 0.15) is 6.04 Å². The molecule has 1 amide bonds. The summed E-state index contributed by atoms with van der Waals surface area (Å²) in [6.07, 6.45) is 3.45. The van der Waals surface area contributed by atoms with Crippen LogP contribution < -0.4 is 5.32 Å². The summed E-state index contributed by atoms with van der Waals surface area (Å²) in [5, 5.41) is 11.2. The van der Waals surface area contributed by atoms with Crippen LogP contribution >= 0.6 is 0 Å². The van der Waals surface area contributed by atoms with Gasteiger partial charge in [0.05, 0.1) is 12.3 Å². The van der Waals surface area contributed by atoms with Crippen molar-refractivity contribution < 1.29 is 23.1 Å². The zero-order chi connectivity index (χ0) is 15.1. The molecule has 1 unspecified atom stereocenters. The number of carbonyl (C=O) groups is 2. The first-order valence-electron chi connectivity index (χ1n) is 5.82. The van der Waals surface area contributed by atoms with Crippen molar-refractivity contribution in [3.05, 3.63) is 12.2 Å². The summed E-state index contributed by atoms with van der Waals surface area (Å²) in [6, 6.07) is -1.05. The zero-order valence-electron chi connectivity index (χ0n) is 11.3. The maximum absolute atomic E-state index is 11.6. The van der Waals surface area contributed by atoms with Crippen LogP contribution in [0, 0.1) is 0 Å². The number of hydrogen-bond acceptors (Lipinski definition) is 4. The highest BCUT2D eigenvalue weighted by atomic mass is 32.2. The van der Waals surface area contributed by atoms with Crippen molar-refractivity contribution in [1.29, 1.82) is 0 Å². The largest absolute Gasteiger partial charge is 0.480 e. The Morgan fingerprint density at radius 1 is 1.42 bits per heavy atom. The molecule has 0 aliphatic carbocycles. The first-order chi connectivity index (χ1) is 8.74. The van der Waals surface area contributed by atoms with Crippen molar-refractivity contribution in [1.82, 2.24) is 9.62 Å². The molecule has 1 atom stereocenters. The van der Waals surface area contributed by atoms with Crippen LogP contribution in [-0.2, 0) is 19.6 Å². The van der Waals surface area contributed by atoms with E-state index in [1.807, 2.05) is 0 Å². The number of hydrogen-bond donors (Lipinski definition) is 2. The fourth-order valence-corrected chi connectivity index (χ4v) is 2.01. The van der Waals surface area contributed by atoms with Crippen molar-refractivity contribution in [3.8, 4) is 0 Å². The number of amides is 1. The van der Waals surface area contributed by atoms with Crippen LogP contribution in [0.4, 0.5) is 0 Å². The number of carbonyl (C=O) groups excluding carboxylic acids is 1. The van der Waals surface area contributed by atoms with Crippen LogP contribution in [0.2, 0.25) is 0 Å². The number of nitrogens with zero attached hydrogens (tertiary/aromatic N) is 1. The number of rotatable bonds is 8. The van der Waals surface area contributed by atoms with Crippen molar-refractivity contribution in [2.24, 2.45) is 0 Å². The maximum Gasteiger partial charge on any atom is 0.326 e. The topological polar surface area (TPSA) is 104 Å². The lowest BCUT2D eigenvalue weighted by molar-refractivity contribution is -0.141. The first kappa shape index (κ1) is 17.6. The Kier molecular flexibility index (Phi) is 7.32. The number of likely N-dealkylation sites (N-methyl/N-ethyl adjacent to an activating group) is 1. The molecule has 8 heteroatoms. The van der Waals surface area contributed by atoms with Gasteiger partial charge in [-0.15, -0.1) is 0 Å². The van der Waals surface area contributed by atoms with E-state index in [1.54, 1.807) is 19.1 Å². The summed E-state index contributed by atoms with van der Waals surface area (Å²) >= 11 is 0. The molecule has 0 bridgehead atoms. The minimum Gasteiger partial charge on any atom is -0.480 e. The molecular weight excluding hydrogens is 272 g/mol. The molecule has 0 spiro atoms. The normalized spacial score (nSPS) is 13.7. The van der Waals surface area contributed by atoms with Gasteiger partial charge in [-0.25, -0.2) is 13.2 Å². The first-order valence-corrected chi connectivity index (χ1v) is 7.42. The lowest BCUT2D eigenvalue weighted by atomic mass is 10.2. The molecule has 0 heterocycles. The zero-order valence-corrected chi connectivity index (χ0v) is 12.1. The Labute approximate surface area is 113 Å². The number of allylic oxidation sites excluding steroid dienone is 1. The smallest absolute Gasteiger partial charge is 0.326 e. The van der Waals surface area contributed by atoms with Gasteiger partial charge in [-0.05, 0) is 20.3 Å². The number of nitrogens with one attached hydrogen (secondary N) is 1. The van der Waals surface area contributed by atoms with Gasteiger partial charge in [-0.3, -0.25) is 4.79 Å². The average Bonchev–Trinajstić information content (AvgIpc) is 2.33. The summed E-state index contributed by atoms with van der Waals surface area (Å²) < 4.78 is 23.8. The number of carboxylic acid groups (broad SMARTS) is 1. The summed E-state index contributed by atoms with van der Waals surface area (Å²) in [5.41, 5.74) is 0.